The topological polar surface area (TPSA) is 81.1 Å². The highest BCUT2D eigenvalue weighted by atomic mass is 19.1. The predicted molar refractivity (Wildman–Crippen MR) is 77.5 cm³/mol. The van der Waals surface area contributed by atoms with Gasteiger partial charge in [0.15, 0.2) is 0 Å². The molecule has 0 heterocycles. The van der Waals surface area contributed by atoms with Crippen LogP contribution in [0.3, 0.4) is 0 Å². The van der Waals surface area contributed by atoms with Crippen LogP contribution in [-0.2, 0) is 0 Å². The van der Waals surface area contributed by atoms with Gasteiger partial charge in [0.2, 0.25) is 0 Å². The lowest BCUT2D eigenvalue weighted by Gasteiger charge is -2.15. The average molecular weight is 273 g/mol. The maximum Gasteiger partial charge on any atom is 0.251 e. The molecule has 2 rings (SSSR count). The molecule has 0 aliphatic carbocycles. The largest absolute Gasteiger partial charge is 0.399 e. The van der Waals surface area contributed by atoms with Crippen LogP contribution in [0, 0.1) is 5.82 Å². The fourth-order valence-corrected chi connectivity index (χ4v) is 1.95. The number of rotatable bonds is 3. The zero-order chi connectivity index (χ0) is 14.7. The third kappa shape index (κ3) is 3.26. The third-order valence-corrected chi connectivity index (χ3v) is 2.94. The first kappa shape index (κ1) is 13.9. The molecule has 0 radical (unpaired) electrons. The van der Waals surface area contributed by atoms with Crippen LogP contribution in [0.1, 0.15) is 28.9 Å². The number of nitrogen functional groups attached to an aromatic ring is 2. The SMILES string of the molecule is CC(NC(=O)c1cc(N)cc(N)c1)c1cccc(F)c1. The van der Waals surface area contributed by atoms with Crippen molar-refractivity contribution in [3.63, 3.8) is 0 Å². The molecule has 5 N–H and O–H groups in total. The molecule has 2 aromatic carbocycles. The van der Waals surface area contributed by atoms with Crippen molar-refractivity contribution in [2.45, 2.75) is 13.0 Å². The maximum absolute atomic E-state index is 13.1. The van der Waals surface area contributed by atoms with Crippen LogP contribution < -0.4 is 16.8 Å². The Bertz CT molecular complexity index is 623. The van der Waals surface area contributed by atoms with Crippen LogP contribution in [0.5, 0.6) is 0 Å². The van der Waals surface area contributed by atoms with E-state index in [1.807, 2.05) is 0 Å². The van der Waals surface area contributed by atoms with E-state index >= 15 is 0 Å². The average Bonchev–Trinajstić information content (AvgIpc) is 2.37. The minimum atomic E-state index is -0.336. The summed E-state index contributed by atoms with van der Waals surface area (Å²) in [4.78, 5) is 12.1. The van der Waals surface area contributed by atoms with Crippen LogP contribution in [0.25, 0.3) is 0 Å². The van der Waals surface area contributed by atoms with Crippen molar-refractivity contribution in [1.29, 1.82) is 0 Å². The smallest absolute Gasteiger partial charge is 0.251 e. The van der Waals surface area contributed by atoms with E-state index in [2.05, 4.69) is 5.32 Å². The summed E-state index contributed by atoms with van der Waals surface area (Å²) < 4.78 is 13.1. The molecule has 5 heteroatoms. The Hall–Kier alpha value is -2.56. The normalized spacial score (nSPS) is 11.9. The van der Waals surface area contributed by atoms with Crippen molar-refractivity contribution in [2.75, 3.05) is 11.5 Å². The summed E-state index contributed by atoms with van der Waals surface area (Å²) in [6, 6.07) is 10.4. The molecule has 4 nitrogen and oxygen atoms in total. The van der Waals surface area contributed by atoms with Gasteiger partial charge in [0.25, 0.3) is 5.91 Å². The Morgan fingerprint density at radius 1 is 1.15 bits per heavy atom. The predicted octanol–water partition coefficient (Wildman–Crippen LogP) is 2.48. The Morgan fingerprint density at radius 2 is 1.80 bits per heavy atom. The molecule has 0 aliphatic rings. The number of amides is 1. The van der Waals surface area contributed by atoms with E-state index in [1.54, 1.807) is 37.3 Å². The zero-order valence-electron chi connectivity index (χ0n) is 11.1. The fourth-order valence-electron chi connectivity index (χ4n) is 1.95. The zero-order valence-corrected chi connectivity index (χ0v) is 11.1. The highest BCUT2D eigenvalue weighted by Gasteiger charge is 2.12. The molecule has 20 heavy (non-hydrogen) atoms. The second kappa shape index (κ2) is 5.61. The molecule has 0 aromatic heterocycles. The lowest BCUT2D eigenvalue weighted by molar-refractivity contribution is 0.0940. The second-order valence-electron chi connectivity index (χ2n) is 4.64. The van der Waals surface area contributed by atoms with Crippen molar-refractivity contribution in [3.8, 4) is 0 Å². The first-order valence-electron chi connectivity index (χ1n) is 6.18. The monoisotopic (exact) mass is 273 g/mol. The summed E-state index contributed by atoms with van der Waals surface area (Å²) in [6.45, 7) is 1.78. The number of hydrogen-bond donors (Lipinski definition) is 3. The Kier molecular flexibility index (Phi) is 3.89. The number of nitrogens with two attached hydrogens (primary N) is 2. The highest BCUT2D eigenvalue weighted by molar-refractivity contribution is 5.96. The summed E-state index contributed by atoms with van der Waals surface area (Å²) in [5, 5.41) is 2.78. The highest BCUT2D eigenvalue weighted by Crippen LogP contribution is 2.17. The number of carbonyl (C=O) groups excluding carboxylic acids is 1. The molecular weight excluding hydrogens is 257 g/mol. The van der Waals surface area contributed by atoms with E-state index in [9.17, 15) is 9.18 Å². The summed E-state index contributed by atoms with van der Waals surface area (Å²) >= 11 is 0. The van der Waals surface area contributed by atoms with Crippen LogP contribution >= 0.6 is 0 Å². The van der Waals surface area contributed by atoms with Crippen LogP contribution in [0.4, 0.5) is 15.8 Å². The van der Waals surface area contributed by atoms with Crippen molar-refractivity contribution in [3.05, 3.63) is 59.4 Å². The van der Waals surface area contributed by atoms with Gasteiger partial charge < -0.3 is 16.8 Å². The third-order valence-electron chi connectivity index (χ3n) is 2.94. The van der Waals surface area contributed by atoms with E-state index in [0.717, 1.165) is 0 Å². The first-order chi connectivity index (χ1) is 9.45. The van der Waals surface area contributed by atoms with Crippen LogP contribution in [-0.4, -0.2) is 5.91 Å². The molecular formula is C15H16FN3O. The first-order valence-corrected chi connectivity index (χ1v) is 6.18. The standard InChI is InChI=1S/C15H16FN3O/c1-9(10-3-2-4-12(16)5-10)19-15(20)11-6-13(17)8-14(18)7-11/h2-9H,17-18H2,1H3,(H,19,20). The van der Waals surface area contributed by atoms with Gasteiger partial charge in [0, 0.05) is 16.9 Å². The van der Waals surface area contributed by atoms with Crippen molar-refractivity contribution < 1.29 is 9.18 Å². The Labute approximate surface area is 116 Å². The summed E-state index contributed by atoms with van der Waals surface area (Å²) in [5.74, 6) is -0.641. The van der Waals surface area contributed by atoms with Gasteiger partial charge in [-0.25, -0.2) is 4.39 Å². The van der Waals surface area contributed by atoms with Gasteiger partial charge in [0.1, 0.15) is 5.82 Å². The molecule has 0 spiro atoms. The molecule has 104 valence electrons. The number of nitrogens with one attached hydrogen (secondary N) is 1. The molecule has 0 bridgehead atoms. The van der Waals surface area contributed by atoms with Gasteiger partial charge in [-0.15, -0.1) is 0 Å². The Morgan fingerprint density at radius 3 is 2.40 bits per heavy atom. The van der Waals surface area contributed by atoms with Crippen molar-refractivity contribution >= 4 is 17.3 Å². The van der Waals surface area contributed by atoms with Crippen LogP contribution in [0.15, 0.2) is 42.5 Å². The van der Waals surface area contributed by atoms with Gasteiger partial charge in [-0.2, -0.15) is 0 Å². The summed E-state index contributed by atoms with van der Waals surface area (Å²) in [6.07, 6.45) is 0. The number of halogens is 1. The lowest BCUT2D eigenvalue weighted by Crippen LogP contribution is -2.26. The Balaban J connectivity index is 2.15. The quantitative estimate of drug-likeness (QED) is 0.751. The molecule has 1 unspecified atom stereocenters. The lowest BCUT2D eigenvalue weighted by atomic mass is 10.1. The molecule has 0 saturated heterocycles. The van der Waals surface area contributed by atoms with Gasteiger partial charge in [0.05, 0.1) is 6.04 Å². The maximum atomic E-state index is 13.1. The molecule has 2 aromatic rings. The minimum absolute atomic E-state index is 0.305. The molecule has 0 aliphatic heterocycles. The van der Waals surface area contributed by atoms with E-state index in [-0.39, 0.29) is 17.8 Å². The van der Waals surface area contributed by atoms with E-state index < -0.39 is 0 Å². The minimum Gasteiger partial charge on any atom is -0.399 e. The fraction of sp³-hybridized carbons (Fsp3) is 0.133. The van der Waals surface area contributed by atoms with E-state index in [4.69, 9.17) is 11.5 Å². The van der Waals surface area contributed by atoms with E-state index in [1.165, 1.54) is 12.1 Å². The second-order valence-corrected chi connectivity index (χ2v) is 4.64. The van der Waals surface area contributed by atoms with Crippen molar-refractivity contribution in [1.82, 2.24) is 5.32 Å². The molecule has 0 saturated carbocycles. The molecule has 1 amide bonds. The summed E-state index contributed by atoms with van der Waals surface area (Å²) in [5.41, 5.74) is 13.2. The number of carbonyl (C=O) groups is 1. The van der Waals surface area contributed by atoms with Crippen LogP contribution in [0.2, 0.25) is 0 Å². The van der Waals surface area contributed by atoms with E-state index in [0.29, 0.717) is 22.5 Å². The number of benzene rings is 2. The summed E-state index contributed by atoms with van der Waals surface area (Å²) in [7, 11) is 0. The van der Waals surface area contributed by atoms with Gasteiger partial charge in [-0.3, -0.25) is 4.79 Å². The molecule has 0 fully saturated rings. The van der Waals surface area contributed by atoms with Gasteiger partial charge >= 0.3 is 0 Å². The van der Waals surface area contributed by atoms with Gasteiger partial charge in [-0.1, -0.05) is 12.1 Å². The van der Waals surface area contributed by atoms with Gasteiger partial charge in [-0.05, 0) is 42.8 Å². The molecule has 1 atom stereocenters. The number of hydrogen-bond acceptors (Lipinski definition) is 3. The van der Waals surface area contributed by atoms with Crippen molar-refractivity contribution in [2.24, 2.45) is 0 Å². The number of anilines is 2.